The highest BCUT2D eigenvalue weighted by Crippen LogP contribution is 2.34. The molecule has 0 bridgehead atoms. The highest BCUT2D eigenvalue weighted by molar-refractivity contribution is 6.04. The van der Waals surface area contributed by atoms with Crippen molar-refractivity contribution in [2.45, 2.75) is 19.4 Å². The van der Waals surface area contributed by atoms with Crippen LogP contribution in [0.1, 0.15) is 28.8 Å². The molecule has 2 heterocycles. The molecular formula is C19H20N2O3. The van der Waals surface area contributed by atoms with Crippen molar-refractivity contribution in [3.63, 3.8) is 0 Å². The molecule has 4 rings (SSSR count). The Morgan fingerprint density at radius 3 is 2.54 bits per heavy atom. The minimum Gasteiger partial charge on any atom is -0.454 e. The molecule has 1 N–H and O–H groups in total. The molecule has 0 saturated carbocycles. The Kier molecular flexibility index (Phi) is 4.09. The molecule has 2 aromatic carbocycles. The van der Waals surface area contributed by atoms with Gasteiger partial charge >= 0.3 is 0 Å². The van der Waals surface area contributed by atoms with Crippen molar-refractivity contribution in [3.8, 4) is 11.5 Å². The SMILES string of the molecule is O=C(Nc1ccc2c(c1)OCO2)c1ccc(CN2CCCC2)cc1. The van der Waals surface area contributed by atoms with Crippen molar-refractivity contribution < 1.29 is 14.3 Å². The summed E-state index contributed by atoms with van der Waals surface area (Å²) in [5.74, 6) is 1.25. The summed E-state index contributed by atoms with van der Waals surface area (Å²) in [5, 5.41) is 2.90. The van der Waals surface area contributed by atoms with E-state index in [4.69, 9.17) is 9.47 Å². The van der Waals surface area contributed by atoms with Crippen LogP contribution in [0.3, 0.4) is 0 Å². The highest BCUT2D eigenvalue weighted by Gasteiger charge is 2.15. The fourth-order valence-electron chi connectivity index (χ4n) is 3.14. The molecule has 2 aromatic rings. The Hall–Kier alpha value is -2.53. The number of amides is 1. The van der Waals surface area contributed by atoms with E-state index in [1.807, 2.05) is 30.3 Å². The minimum atomic E-state index is -0.124. The third-order valence-electron chi connectivity index (χ3n) is 4.45. The maximum Gasteiger partial charge on any atom is 0.255 e. The summed E-state index contributed by atoms with van der Waals surface area (Å²) < 4.78 is 10.6. The molecule has 0 spiro atoms. The van der Waals surface area contributed by atoms with E-state index in [0.29, 0.717) is 22.7 Å². The van der Waals surface area contributed by atoms with E-state index in [-0.39, 0.29) is 12.7 Å². The molecule has 0 aromatic heterocycles. The second-order valence-electron chi connectivity index (χ2n) is 6.20. The van der Waals surface area contributed by atoms with E-state index in [2.05, 4.69) is 10.2 Å². The van der Waals surface area contributed by atoms with Crippen LogP contribution in [-0.4, -0.2) is 30.7 Å². The van der Waals surface area contributed by atoms with Gasteiger partial charge in [-0.25, -0.2) is 0 Å². The molecule has 2 aliphatic rings. The lowest BCUT2D eigenvalue weighted by Crippen LogP contribution is -2.18. The van der Waals surface area contributed by atoms with Crippen LogP contribution in [0.5, 0.6) is 11.5 Å². The lowest BCUT2D eigenvalue weighted by atomic mass is 10.1. The normalized spacial score (nSPS) is 16.3. The minimum absolute atomic E-state index is 0.124. The van der Waals surface area contributed by atoms with E-state index >= 15 is 0 Å². The Morgan fingerprint density at radius 1 is 1.00 bits per heavy atom. The number of nitrogens with zero attached hydrogens (tertiary/aromatic N) is 1. The van der Waals surface area contributed by atoms with E-state index in [1.165, 1.54) is 31.5 Å². The summed E-state index contributed by atoms with van der Waals surface area (Å²) in [6.07, 6.45) is 2.58. The van der Waals surface area contributed by atoms with Gasteiger partial charge in [-0.05, 0) is 55.8 Å². The summed E-state index contributed by atoms with van der Waals surface area (Å²) in [6.45, 7) is 3.54. The number of ether oxygens (including phenoxy) is 2. The van der Waals surface area contributed by atoms with Gasteiger partial charge in [-0.1, -0.05) is 12.1 Å². The number of carbonyl (C=O) groups is 1. The zero-order valence-electron chi connectivity index (χ0n) is 13.5. The first-order valence-corrected chi connectivity index (χ1v) is 8.30. The van der Waals surface area contributed by atoms with Crippen LogP contribution in [0, 0.1) is 0 Å². The van der Waals surface area contributed by atoms with Crippen molar-refractivity contribution in [3.05, 3.63) is 53.6 Å². The lowest BCUT2D eigenvalue weighted by Gasteiger charge is -2.14. The third kappa shape index (κ3) is 3.21. The van der Waals surface area contributed by atoms with E-state index in [9.17, 15) is 4.79 Å². The lowest BCUT2D eigenvalue weighted by molar-refractivity contribution is 0.102. The number of hydrogen-bond donors (Lipinski definition) is 1. The van der Waals surface area contributed by atoms with Crippen LogP contribution in [0.15, 0.2) is 42.5 Å². The van der Waals surface area contributed by atoms with Crippen LogP contribution >= 0.6 is 0 Å². The number of nitrogens with one attached hydrogen (secondary N) is 1. The molecule has 0 atom stereocenters. The zero-order valence-corrected chi connectivity index (χ0v) is 13.5. The van der Waals surface area contributed by atoms with Crippen molar-refractivity contribution in [2.75, 3.05) is 25.2 Å². The number of likely N-dealkylation sites (tertiary alicyclic amines) is 1. The molecule has 124 valence electrons. The summed E-state index contributed by atoms with van der Waals surface area (Å²) >= 11 is 0. The Morgan fingerprint density at radius 2 is 1.75 bits per heavy atom. The zero-order chi connectivity index (χ0) is 16.4. The van der Waals surface area contributed by atoms with Gasteiger partial charge in [-0.3, -0.25) is 9.69 Å². The molecular weight excluding hydrogens is 304 g/mol. The first kappa shape index (κ1) is 15.0. The number of anilines is 1. The molecule has 0 unspecified atom stereocenters. The summed E-state index contributed by atoms with van der Waals surface area (Å²) in [6, 6.07) is 13.2. The van der Waals surface area contributed by atoms with Crippen LogP contribution in [-0.2, 0) is 6.54 Å². The smallest absolute Gasteiger partial charge is 0.255 e. The van der Waals surface area contributed by atoms with Crippen LogP contribution < -0.4 is 14.8 Å². The number of rotatable bonds is 4. The number of benzene rings is 2. The van der Waals surface area contributed by atoms with Crippen molar-refractivity contribution in [1.82, 2.24) is 4.90 Å². The molecule has 1 saturated heterocycles. The molecule has 5 heteroatoms. The average molecular weight is 324 g/mol. The number of fused-ring (bicyclic) bond motifs is 1. The fraction of sp³-hybridized carbons (Fsp3) is 0.316. The number of hydrogen-bond acceptors (Lipinski definition) is 4. The van der Waals surface area contributed by atoms with E-state index in [0.717, 1.165) is 6.54 Å². The van der Waals surface area contributed by atoms with Gasteiger partial charge in [0.2, 0.25) is 6.79 Å². The summed E-state index contributed by atoms with van der Waals surface area (Å²) in [4.78, 5) is 14.8. The predicted octanol–water partition coefficient (Wildman–Crippen LogP) is 3.26. The van der Waals surface area contributed by atoms with Gasteiger partial charge in [-0.15, -0.1) is 0 Å². The van der Waals surface area contributed by atoms with Gasteiger partial charge in [0.25, 0.3) is 5.91 Å². The van der Waals surface area contributed by atoms with Gasteiger partial charge in [0, 0.05) is 23.9 Å². The molecule has 1 fully saturated rings. The standard InChI is InChI=1S/C19H20N2O3/c22-19(20-16-7-8-17-18(11-16)24-13-23-17)15-5-3-14(4-6-15)12-21-9-1-2-10-21/h3-8,11H,1-2,9-10,12-13H2,(H,20,22). The molecule has 0 aliphatic carbocycles. The van der Waals surface area contributed by atoms with Crippen molar-refractivity contribution in [2.24, 2.45) is 0 Å². The average Bonchev–Trinajstić information content (AvgIpc) is 3.26. The largest absolute Gasteiger partial charge is 0.454 e. The maximum atomic E-state index is 12.4. The summed E-state index contributed by atoms with van der Waals surface area (Å²) in [7, 11) is 0. The van der Waals surface area contributed by atoms with Crippen LogP contribution in [0.2, 0.25) is 0 Å². The number of carbonyl (C=O) groups excluding carboxylic acids is 1. The summed E-state index contributed by atoms with van der Waals surface area (Å²) in [5.41, 5.74) is 2.60. The van der Waals surface area contributed by atoms with Gasteiger partial charge in [-0.2, -0.15) is 0 Å². The van der Waals surface area contributed by atoms with Crippen LogP contribution in [0.4, 0.5) is 5.69 Å². The quantitative estimate of drug-likeness (QED) is 0.938. The van der Waals surface area contributed by atoms with E-state index in [1.54, 1.807) is 12.1 Å². The topological polar surface area (TPSA) is 50.8 Å². The second-order valence-corrected chi connectivity index (χ2v) is 6.20. The van der Waals surface area contributed by atoms with Gasteiger partial charge in [0.15, 0.2) is 11.5 Å². The van der Waals surface area contributed by atoms with Crippen molar-refractivity contribution in [1.29, 1.82) is 0 Å². The molecule has 0 radical (unpaired) electrons. The molecule has 1 amide bonds. The van der Waals surface area contributed by atoms with Gasteiger partial charge in [0.1, 0.15) is 0 Å². The molecule has 5 nitrogen and oxygen atoms in total. The predicted molar refractivity (Wildman–Crippen MR) is 91.5 cm³/mol. The Labute approximate surface area is 141 Å². The third-order valence-corrected chi connectivity index (χ3v) is 4.45. The second kappa shape index (κ2) is 6.53. The highest BCUT2D eigenvalue weighted by atomic mass is 16.7. The van der Waals surface area contributed by atoms with Crippen molar-refractivity contribution >= 4 is 11.6 Å². The molecule has 24 heavy (non-hydrogen) atoms. The Balaban J connectivity index is 1.40. The first-order valence-electron chi connectivity index (χ1n) is 8.30. The first-order chi connectivity index (χ1) is 11.8. The maximum absolute atomic E-state index is 12.4. The van der Waals surface area contributed by atoms with Crippen LogP contribution in [0.25, 0.3) is 0 Å². The van der Waals surface area contributed by atoms with Gasteiger partial charge < -0.3 is 14.8 Å². The van der Waals surface area contributed by atoms with E-state index < -0.39 is 0 Å². The Bertz CT molecular complexity index is 737. The van der Waals surface area contributed by atoms with Gasteiger partial charge in [0.05, 0.1) is 0 Å². The molecule has 2 aliphatic heterocycles. The monoisotopic (exact) mass is 324 g/mol. The fourth-order valence-corrected chi connectivity index (χ4v) is 3.14.